The zero-order valence-electron chi connectivity index (χ0n) is 17.4. The fraction of sp³-hybridized carbons (Fsp3) is 0.200. The lowest BCUT2D eigenvalue weighted by Gasteiger charge is -2.30. The molecule has 2 aromatic carbocycles. The number of aromatic nitrogens is 1. The Hall–Kier alpha value is -3.38. The van der Waals surface area contributed by atoms with Crippen LogP contribution < -0.4 is 9.47 Å². The first-order valence-electron chi connectivity index (χ1n) is 10.1. The minimum Gasteiger partial charge on any atom is -0.493 e. The van der Waals surface area contributed by atoms with Crippen molar-refractivity contribution in [3.8, 4) is 22.1 Å². The maximum absolute atomic E-state index is 13.7. The Balaban J connectivity index is 1.54. The number of pyridine rings is 1. The Kier molecular flexibility index (Phi) is 5.08. The molecule has 1 aliphatic heterocycles. The third-order valence-corrected chi connectivity index (χ3v) is 6.62. The molecule has 156 valence electrons. The standard InChI is InChI=1S/C25H22N2O3S/c1-29-22-12-16-9-10-27(15-17(16)13-23(22)30-2)25(28)19-14-21(24-8-5-11-31-24)26-20-7-4-3-6-18(19)20/h3-8,11-14H,9-10,15H2,1-2H3. The van der Waals surface area contributed by atoms with Crippen molar-refractivity contribution in [3.05, 3.63) is 76.7 Å². The molecule has 2 aromatic heterocycles. The second-order valence-corrected chi connectivity index (χ2v) is 8.45. The number of benzene rings is 2. The lowest BCUT2D eigenvalue weighted by Crippen LogP contribution is -2.36. The number of rotatable bonds is 4. The fourth-order valence-electron chi connectivity index (χ4n) is 4.13. The molecular weight excluding hydrogens is 408 g/mol. The molecule has 0 aliphatic carbocycles. The van der Waals surface area contributed by atoms with Crippen LogP contribution in [0.5, 0.6) is 11.5 Å². The predicted octanol–water partition coefficient (Wildman–Crippen LogP) is 5.18. The highest BCUT2D eigenvalue weighted by atomic mass is 32.1. The van der Waals surface area contributed by atoms with Crippen LogP contribution in [-0.4, -0.2) is 36.6 Å². The first-order valence-corrected chi connectivity index (χ1v) is 11.0. The van der Waals surface area contributed by atoms with Gasteiger partial charge in [0.05, 0.1) is 35.9 Å². The van der Waals surface area contributed by atoms with Gasteiger partial charge in [-0.3, -0.25) is 4.79 Å². The van der Waals surface area contributed by atoms with Gasteiger partial charge in [0.2, 0.25) is 0 Å². The van der Waals surface area contributed by atoms with Gasteiger partial charge in [-0.05, 0) is 53.3 Å². The number of fused-ring (bicyclic) bond motifs is 2. The summed E-state index contributed by atoms with van der Waals surface area (Å²) in [7, 11) is 3.27. The lowest BCUT2D eigenvalue weighted by molar-refractivity contribution is 0.0736. The number of thiophene rings is 1. The van der Waals surface area contributed by atoms with Crippen LogP contribution in [0.3, 0.4) is 0 Å². The number of hydrogen-bond acceptors (Lipinski definition) is 5. The highest BCUT2D eigenvalue weighted by Gasteiger charge is 2.25. The molecule has 6 heteroatoms. The molecule has 4 aromatic rings. The maximum Gasteiger partial charge on any atom is 0.254 e. The number of methoxy groups -OCH3 is 2. The van der Waals surface area contributed by atoms with E-state index in [1.165, 1.54) is 5.56 Å². The molecule has 0 fully saturated rings. The van der Waals surface area contributed by atoms with E-state index in [-0.39, 0.29) is 5.91 Å². The van der Waals surface area contributed by atoms with Crippen LogP contribution in [0.4, 0.5) is 0 Å². The lowest BCUT2D eigenvalue weighted by atomic mass is 9.97. The molecule has 0 bridgehead atoms. The topological polar surface area (TPSA) is 51.7 Å². The van der Waals surface area contributed by atoms with Crippen LogP contribution in [0.2, 0.25) is 0 Å². The average Bonchev–Trinajstić information content (AvgIpc) is 3.36. The van der Waals surface area contributed by atoms with Gasteiger partial charge in [0.15, 0.2) is 11.5 Å². The number of carbonyl (C=O) groups excluding carboxylic acids is 1. The molecule has 3 heterocycles. The van der Waals surface area contributed by atoms with E-state index < -0.39 is 0 Å². The number of nitrogens with zero attached hydrogens (tertiary/aromatic N) is 2. The minimum atomic E-state index is 0.0249. The second kappa shape index (κ2) is 8.04. The number of ether oxygens (including phenoxy) is 2. The van der Waals surface area contributed by atoms with Gasteiger partial charge < -0.3 is 14.4 Å². The van der Waals surface area contributed by atoms with Crippen LogP contribution in [0.15, 0.2) is 60.0 Å². The largest absolute Gasteiger partial charge is 0.493 e. The van der Waals surface area contributed by atoms with Crippen LogP contribution in [-0.2, 0) is 13.0 Å². The number of hydrogen-bond donors (Lipinski definition) is 0. The summed E-state index contributed by atoms with van der Waals surface area (Å²) >= 11 is 1.63. The van der Waals surface area contributed by atoms with Crippen molar-refractivity contribution < 1.29 is 14.3 Å². The molecule has 1 aliphatic rings. The zero-order chi connectivity index (χ0) is 21.4. The van der Waals surface area contributed by atoms with E-state index in [4.69, 9.17) is 14.5 Å². The fourth-order valence-corrected chi connectivity index (χ4v) is 4.82. The normalized spacial score (nSPS) is 13.2. The van der Waals surface area contributed by atoms with Gasteiger partial charge >= 0.3 is 0 Å². The monoisotopic (exact) mass is 430 g/mol. The summed E-state index contributed by atoms with van der Waals surface area (Å²) in [5.41, 5.74) is 4.65. The molecule has 1 amide bonds. The van der Waals surface area contributed by atoms with Gasteiger partial charge in [0.25, 0.3) is 5.91 Å². The first-order chi connectivity index (χ1) is 15.2. The van der Waals surface area contributed by atoms with Crippen LogP contribution in [0.25, 0.3) is 21.5 Å². The highest BCUT2D eigenvalue weighted by Crippen LogP contribution is 2.34. The van der Waals surface area contributed by atoms with Crippen LogP contribution in [0.1, 0.15) is 21.5 Å². The van der Waals surface area contributed by atoms with Crippen molar-refractivity contribution in [2.45, 2.75) is 13.0 Å². The third-order valence-electron chi connectivity index (χ3n) is 5.73. The highest BCUT2D eigenvalue weighted by molar-refractivity contribution is 7.13. The summed E-state index contributed by atoms with van der Waals surface area (Å²) in [5, 5.41) is 2.91. The molecular formula is C25H22N2O3S. The van der Waals surface area contributed by atoms with Crippen molar-refractivity contribution in [2.75, 3.05) is 20.8 Å². The van der Waals surface area contributed by atoms with Crippen molar-refractivity contribution in [3.63, 3.8) is 0 Å². The predicted molar refractivity (Wildman–Crippen MR) is 123 cm³/mol. The van der Waals surface area contributed by atoms with Gasteiger partial charge in [0, 0.05) is 18.5 Å². The van der Waals surface area contributed by atoms with Crippen molar-refractivity contribution >= 4 is 28.1 Å². The number of para-hydroxylation sites is 1. The van der Waals surface area contributed by atoms with E-state index in [9.17, 15) is 4.79 Å². The van der Waals surface area contributed by atoms with E-state index in [1.54, 1.807) is 25.6 Å². The molecule has 0 unspecified atom stereocenters. The maximum atomic E-state index is 13.7. The molecule has 5 nitrogen and oxygen atoms in total. The summed E-state index contributed by atoms with van der Waals surface area (Å²) in [4.78, 5) is 21.4. The van der Waals surface area contributed by atoms with E-state index in [2.05, 4.69) is 0 Å². The summed E-state index contributed by atoms with van der Waals surface area (Å²) < 4.78 is 10.9. The van der Waals surface area contributed by atoms with E-state index >= 15 is 0 Å². The molecule has 0 saturated heterocycles. The minimum absolute atomic E-state index is 0.0249. The Morgan fingerprint density at radius 3 is 2.52 bits per heavy atom. The smallest absolute Gasteiger partial charge is 0.254 e. The molecule has 0 radical (unpaired) electrons. The quantitative estimate of drug-likeness (QED) is 0.448. The van der Waals surface area contributed by atoms with Crippen molar-refractivity contribution in [2.24, 2.45) is 0 Å². The SMILES string of the molecule is COc1cc2c(cc1OC)CN(C(=O)c1cc(-c3cccs3)nc3ccccc13)CC2. The molecule has 0 spiro atoms. The zero-order valence-corrected chi connectivity index (χ0v) is 18.2. The number of amides is 1. The molecule has 5 rings (SSSR count). The Morgan fingerprint density at radius 1 is 1.00 bits per heavy atom. The Morgan fingerprint density at radius 2 is 1.77 bits per heavy atom. The average molecular weight is 431 g/mol. The summed E-state index contributed by atoms with van der Waals surface area (Å²) in [6.45, 7) is 1.20. The summed E-state index contributed by atoms with van der Waals surface area (Å²) in [6, 6.07) is 17.8. The van der Waals surface area contributed by atoms with Crippen LogP contribution >= 0.6 is 11.3 Å². The molecule has 0 atom stereocenters. The van der Waals surface area contributed by atoms with Gasteiger partial charge in [0.1, 0.15) is 0 Å². The van der Waals surface area contributed by atoms with Gasteiger partial charge in [-0.2, -0.15) is 0 Å². The van der Waals surface area contributed by atoms with Crippen LogP contribution in [0, 0.1) is 0 Å². The van der Waals surface area contributed by atoms with Gasteiger partial charge in [-0.1, -0.05) is 24.3 Å². The van der Waals surface area contributed by atoms with Gasteiger partial charge in [-0.15, -0.1) is 11.3 Å². The van der Waals surface area contributed by atoms with Gasteiger partial charge in [-0.25, -0.2) is 4.98 Å². The Bertz CT molecular complexity index is 1270. The van der Waals surface area contributed by atoms with E-state index in [0.717, 1.165) is 39.2 Å². The summed E-state index contributed by atoms with van der Waals surface area (Å²) in [5.74, 6) is 1.43. The van der Waals surface area contributed by atoms with E-state index in [0.29, 0.717) is 24.4 Å². The van der Waals surface area contributed by atoms with E-state index in [1.807, 2.05) is 64.9 Å². The first kappa shape index (κ1) is 19.6. The molecule has 0 saturated carbocycles. The number of carbonyl (C=O) groups is 1. The summed E-state index contributed by atoms with van der Waals surface area (Å²) in [6.07, 6.45) is 0.780. The van der Waals surface area contributed by atoms with Crippen molar-refractivity contribution in [1.29, 1.82) is 0 Å². The Labute approximate surface area is 184 Å². The molecule has 0 N–H and O–H groups in total. The second-order valence-electron chi connectivity index (χ2n) is 7.50. The third kappa shape index (κ3) is 3.53. The molecule has 31 heavy (non-hydrogen) atoms. The van der Waals surface area contributed by atoms with Crippen molar-refractivity contribution in [1.82, 2.24) is 9.88 Å².